The molecule has 3 nitrogen and oxygen atoms in total. The molecule has 5 heteroatoms. The third kappa shape index (κ3) is 2.69. The lowest BCUT2D eigenvalue weighted by Gasteiger charge is -2.27. The van der Waals surface area contributed by atoms with Crippen molar-refractivity contribution in [2.24, 2.45) is 5.92 Å². The molecule has 0 saturated heterocycles. The summed E-state index contributed by atoms with van der Waals surface area (Å²) >= 11 is 4.90. The molecule has 0 radical (unpaired) electrons. The number of hydrogen-bond donors (Lipinski definition) is 1. The summed E-state index contributed by atoms with van der Waals surface area (Å²) < 4.78 is 2.01. The second-order valence-corrected chi connectivity index (χ2v) is 7.35. The van der Waals surface area contributed by atoms with Gasteiger partial charge in [-0.3, -0.25) is 4.79 Å². The van der Waals surface area contributed by atoms with E-state index < -0.39 is 0 Å². The van der Waals surface area contributed by atoms with Gasteiger partial charge in [0.25, 0.3) is 5.91 Å². The fraction of sp³-hybridized carbons (Fsp3) is 0.400. The van der Waals surface area contributed by atoms with Crippen molar-refractivity contribution in [1.29, 1.82) is 0 Å². The number of fused-ring (bicyclic) bond motifs is 1. The summed E-state index contributed by atoms with van der Waals surface area (Å²) in [6.45, 7) is 6.28. The molecule has 1 atom stereocenters. The maximum absolute atomic E-state index is 12.6. The summed E-state index contributed by atoms with van der Waals surface area (Å²) in [6, 6.07) is 6.10. The highest BCUT2D eigenvalue weighted by molar-refractivity contribution is 9.10. The lowest BCUT2D eigenvalue weighted by atomic mass is 10.1. The van der Waals surface area contributed by atoms with E-state index in [1.165, 1.54) is 11.3 Å². The van der Waals surface area contributed by atoms with Crippen molar-refractivity contribution in [2.45, 2.75) is 26.8 Å². The number of amides is 1. The Bertz CT molecular complexity index is 651. The largest absolute Gasteiger partial charge is 0.397 e. The van der Waals surface area contributed by atoms with Crippen LogP contribution in [0, 0.1) is 5.92 Å². The van der Waals surface area contributed by atoms with Gasteiger partial charge in [0.2, 0.25) is 0 Å². The monoisotopic (exact) mass is 354 g/mol. The van der Waals surface area contributed by atoms with E-state index in [1.54, 1.807) is 4.90 Å². The van der Waals surface area contributed by atoms with Crippen molar-refractivity contribution in [3.05, 3.63) is 27.5 Å². The number of rotatable bonds is 3. The molecule has 0 spiro atoms. The van der Waals surface area contributed by atoms with Crippen molar-refractivity contribution < 1.29 is 4.79 Å². The van der Waals surface area contributed by atoms with Crippen LogP contribution in [-0.2, 0) is 0 Å². The fourth-order valence-electron chi connectivity index (χ4n) is 2.04. The van der Waals surface area contributed by atoms with E-state index in [9.17, 15) is 4.79 Å². The number of anilines is 1. The molecule has 0 aliphatic carbocycles. The van der Waals surface area contributed by atoms with E-state index in [0.29, 0.717) is 16.5 Å². The zero-order valence-corrected chi connectivity index (χ0v) is 14.5. The van der Waals surface area contributed by atoms with E-state index in [-0.39, 0.29) is 11.9 Å². The molecule has 0 aliphatic rings. The zero-order chi connectivity index (χ0) is 15.0. The van der Waals surface area contributed by atoms with Gasteiger partial charge in [-0.1, -0.05) is 29.8 Å². The first-order chi connectivity index (χ1) is 9.32. The van der Waals surface area contributed by atoms with Crippen molar-refractivity contribution in [3.63, 3.8) is 0 Å². The molecule has 2 rings (SSSR count). The smallest absolute Gasteiger partial charge is 0.266 e. The normalized spacial score (nSPS) is 12.9. The van der Waals surface area contributed by atoms with E-state index >= 15 is 0 Å². The topological polar surface area (TPSA) is 46.3 Å². The molecule has 108 valence electrons. The Kier molecular flexibility index (Phi) is 4.39. The minimum absolute atomic E-state index is 0.000947. The molecule has 1 aromatic carbocycles. The number of carbonyl (C=O) groups is 1. The molecule has 20 heavy (non-hydrogen) atoms. The number of nitrogens with two attached hydrogens (primary N) is 1. The second-order valence-electron chi connectivity index (χ2n) is 5.39. The Labute approximate surface area is 131 Å². The standard InChI is InChI=1S/C15H19BrN2OS/c1-8(2)9(3)18(4)15(19)14-13(17)11-7-10(16)5-6-12(11)20-14/h5-9H,17H2,1-4H3. The predicted octanol–water partition coefficient (Wildman–Crippen LogP) is 4.36. The van der Waals surface area contributed by atoms with Gasteiger partial charge in [-0.25, -0.2) is 0 Å². The van der Waals surface area contributed by atoms with Crippen molar-refractivity contribution in [3.8, 4) is 0 Å². The molecule has 1 unspecified atom stereocenters. The van der Waals surface area contributed by atoms with E-state index in [2.05, 4.69) is 36.7 Å². The molecule has 1 heterocycles. The van der Waals surface area contributed by atoms with E-state index in [0.717, 1.165) is 14.6 Å². The number of carbonyl (C=O) groups excluding carboxylic acids is 1. The molecular formula is C15H19BrN2OS. The zero-order valence-electron chi connectivity index (χ0n) is 12.1. The SMILES string of the molecule is CC(C)C(C)N(C)C(=O)c1sc2ccc(Br)cc2c1N. The van der Waals surface area contributed by atoms with Crippen LogP contribution in [0.1, 0.15) is 30.4 Å². The Morgan fingerprint density at radius 3 is 2.60 bits per heavy atom. The van der Waals surface area contributed by atoms with Gasteiger partial charge in [0.1, 0.15) is 4.88 Å². The molecule has 2 aromatic rings. The third-order valence-corrected chi connectivity index (χ3v) is 5.45. The lowest BCUT2D eigenvalue weighted by Crippen LogP contribution is -2.38. The van der Waals surface area contributed by atoms with Crippen molar-refractivity contribution >= 4 is 48.9 Å². The van der Waals surface area contributed by atoms with Gasteiger partial charge in [-0.15, -0.1) is 11.3 Å². The summed E-state index contributed by atoms with van der Waals surface area (Å²) in [4.78, 5) is 15.0. The lowest BCUT2D eigenvalue weighted by molar-refractivity contribution is 0.0713. The maximum atomic E-state index is 12.6. The van der Waals surface area contributed by atoms with Gasteiger partial charge in [0.05, 0.1) is 5.69 Å². The van der Waals surface area contributed by atoms with Gasteiger partial charge >= 0.3 is 0 Å². The first-order valence-electron chi connectivity index (χ1n) is 6.57. The molecule has 1 aromatic heterocycles. The van der Waals surface area contributed by atoms with Crippen LogP contribution in [0.5, 0.6) is 0 Å². The molecule has 1 amide bonds. The van der Waals surface area contributed by atoms with Crippen LogP contribution in [0.3, 0.4) is 0 Å². The number of hydrogen-bond acceptors (Lipinski definition) is 3. The highest BCUT2D eigenvalue weighted by Gasteiger charge is 2.24. The molecule has 0 aliphatic heterocycles. The van der Waals surface area contributed by atoms with Gasteiger partial charge in [-0.05, 0) is 31.0 Å². The summed E-state index contributed by atoms with van der Waals surface area (Å²) in [5.74, 6) is 0.412. The highest BCUT2D eigenvalue weighted by atomic mass is 79.9. The number of benzene rings is 1. The Morgan fingerprint density at radius 1 is 1.35 bits per heavy atom. The van der Waals surface area contributed by atoms with Crippen molar-refractivity contribution in [1.82, 2.24) is 4.90 Å². The number of halogens is 1. The van der Waals surface area contributed by atoms with Crippen molar-refractivity contribution in [2.75, 3.05) is 12.8 Å². The summed E-state index contributed by atoms with van der Waals surface area (Å²) in [5, 5.41) is 0.943. The Morgan fingerprint density at radius 2 is 2.00 bits per heavy atom. The van der Waals surface area contributed by atoms with Gasteiger partial charge in [-0.2, -0.15) is 0 Å². The predicted molar refractivity (Wildman–Crippen MR) is 90.3 cm³/mol. The average Bonchev–Trinajstić information content (AvgIpc) is 2.73. The Hall–Kier alpha value is -1.07. The third-order valence-electron chi connectivity index (χ3n) is 3.78. The number of nitrogen functional groups attached to an aromatic ring is 1. The molecule has 0 fully saturated rings. The van der Waals surface area contributed by atoms with Crippen LogP contribution in [-0.4, -0.2) is 23.9 Å². The highest BCUT2D eigenvalue weighted by Crippen LogP contribution is 2.36. The summed E-state index contributed by atoms with van der Waals surface area (Å²) in [5.41, 5.74) is 6.75. The van der Waals surface area contributed by atoms with Crippen LogP contribution >= 0.6 is 27.3 Å². The van der Waals surface area contributed by atoms with E-state index in [1.807, 2.05) is 25.2 Å². The quantitative estimate of drug-likeness (QED) is 0.889. The minimum atomic E-state index is 0.000947. The number of thiophene rings is 1. The molecule has 0 bridgehead atoms. The average molecular weight is 355 g/mol. The summed E-state index contributed by atoms with van der Waals surface area (Å²) in [6.07, 6.45) is 0. The number of nitrogens with zero attached hydrogens (tertiary/aromatic N) is 1. The van der Waals surface area contributed by atoms with Gasteiger partial charge in [0, 0.05) is 27.6 Å². The molecular weight excluding hydrogens is 336 g/mol. The van der Waals surface area contributed by atoms with Crippen LogP contribution in [0.15, 0.2) is 22.7 Å². The molecule has 0 saturated carbocycles. The van der Waals surface area contributed by atoms with Gasteiger partial charge < -0.3 is 10.6 Å². The van der Waals surface area contributed by atoms with Crippen LogP contribution in [0.2, 0.25) is 0 Å². The second kappa shape index (κ2) is 5.74. The minimum Gasteiger partial charge on any atom is -0.397 e. The van der Waals surface area contributed by atoms with Gasteiger partial charge in [0.15, 0.2) is 0 Å². The van der Waals surface area contributed by atoms with Crippen LogP contribution < -0.4 is 5.73 Å². The fourth-order valence-corrected chi connectivity index (χ4v) is 3.49. The maximum Gasteiger partial charge on any atom is 0.266 e. The first kappa shape index (κ1) is 15.3. The van der Waals surface area contributed by atoms with E-state index in [4.69, 9.17) is 5.73 Å². The molecule has 2 N–H and O–H groups in total. The Balaban J connectivity index is 2.43. The first-order valence-corrected chi connectivity index (χ1v) is 8.18. The summed E-state index contributed by atoms with van der Waals surface area (Å²) in [7, 11) is 1.84. The van der Waals surface area contributed by atoms with Crippen LogP contribution in [0.4, 0.5) is 5.69 Å². The van der Waals surface area contributed by atoms with Crippen LogP contribution in [0.25, 0.3) is 10.1 Å².